The first kappa shape index (κ1) is 18.9. The number of benzene rings is 1. The summed E-state index contributed by atoms with van der Waals surface area (Å²) in [7, 11) is 0. The fourth-order valence-corrected chi connectivity index (χ4v) is 3.88. The molecule has 0 aliphatic carbocycles. The summed E-state index contributed by atoms with van der Waals surface area (Å²) in [6.45, 7) is 4.67. The van der Waals surface area contributed by atoms with E-state index in [0.29, 0.717) is 26.1 Å². The highest BCUT2D eigenvalue weighted by Crippen LogP contribution is 2.19. The second-order valence-corrected chi connectivity index (χ2v) is 7.62. The van der Waals surface area contributed by atoms with Crippen molar-refractivity contribution in [1.29, 1.82) is 0 Å². The number of hydrogen-bond donors (Lipinski definition) is 0. The predicted octanol–water partition coefficient (Wildman–Crippen LogP) is 4.29. The van der Waals surface area contributed by atoms with E-state index >= 15 is 0 Å². The molecule has 0 N–H and O–H groups in total. The van der Waals surface area contributed by atoms with E-state index in [9.17, 15) is 4.79 Å². The number of carbonyl (C=O) groups is 1. The van der Waals surface area contributed by atoms with E-state index in [1.54, 1.807) is 11.3 Å². The van der Waals surface area contributed by atoms with Crippen molar-refractivity contribution in [3.8, 4) is 5.75 Å². The monoisotopic (exact) mass is 373 g/mol. The lowest BCUT2D eigenvalue weighted by Crippen LogP contribution is -2.36. The Kier molecular flexibility index (Phi) is 7.09. The third-order valence-electron chi connectivity index (χ3n) is 4.57. The molecule has 26 heavy (non-hydrogen) atoms. The van der Waals surface area contributed by atoms with E-state index in [4.69, 9.17) is 9.47 Å². The van der Waals surface area contributed by atoms with Crippen molar-refractivity contribution < 1.29 is 14.3 Å². The maximum atomic E-state index is 12.3. The van der Waals surface area contributed by atoms with Gasteiger partial charge in [0.2, 0.25) is 5.91 Å². The summed E-state index contributed by atoms with van der Waals surface area (Å²) in [6, 6.07) is 12.3. The summed E-state index contributed by atoms with van der Waals surface area (Å²) in [5, 5.41) is 2.09. The summed E-state index contributed by atoms with van der Waals surface area (Å²) in [6.07, 6.45) is 3.74. The zero-order valence-corrected chi connectivity index (χ0v) is 16.2. The first-order valence-corrected chi connectivity index (χ1v) is 10.3. The Labute approximate surface area is 159 Å². The summed E-state index contributed by atoms with van der Waals surface area (Å²) < 4.78 is 11.6. The Bertz CT molecular complexity index is 680. The van der Waals surface area contributed by atoms with Crippen molar-refractivity contribution >= 4 is 17.2 Å². The quantitative estimate of drug-likeness (QED) is 0.658. The highest BCUT2D eigenvalue weighted by molar-refractivity contribution is 7.09. The molecule has 1 aromatic heterocycles. The van der Waals surface area contributed by atoms with Gasteiger partial charge >= 0.3 is 0 Å². The molecule has 0 unspecified atom stereocenters. The molecule has 140 valence electrons. The van der Waals surface area contributed by atoms with Gasteiger partial charge in [0.1, 0.15) is 5.75 Å². The van der Waals surface area contributed by atoms with E-state index < -0.39 is 0 Å². The van der Waals surface area contributed by atoms with Crippen LogP contribution < -0.4 is 4.74 Å². The minimum absolute atomic E-state index is 0.171. The summed E-state index contributed by atoms with van der Waals surface area (Å²) in [5.41, 5.74) is 1.10. The van der Waals surface area contributed by atoms with Gasteiger partial charge in [0, 0.05) is 37.4 Å². The summed E-state index contributed by atoms with van der Waals surface area (Å²) >= 11 is 1.75. The molecule has 1 aliphatic rings. The highest BCUT2D eigenvalue weighted by atomic mass is 32.1. The lowest BCUT2D eigenvalue weighted by molar-refractivity contribution is -0.133. The zero-order chi connectivity index (χ0) is 18.2. The Balaban J connectivity index is 1.56. The average molecular weight is 374 g/mol. The van der Waals surface area contributed by atoms with Crippen LogP contribution in [-0.4, -0.2) is 36.7 Å². The van der Waals surface area contributed by atoms with Crippen molar-refractivity contribution in [2.45, 2.75) is 45.3 Å². The topological polar surface area (TPSA) is 38.8 Å². The van der Waals surface area contributed by atoms with Crippen LogP contribution in [0.3, 0.4) is 0 Å². The molecule has 3 rings (SSSR count). The number of thiophene rings is 1. The minimum atomic E-state index is 0.171. The number of amides is 1. The third-order valence-corrected chi connectivity index (χ3v) is 5.51. The van der Waals surface area contributed by atoms with Crippen LogP contribution in [0.25, 0.3) is 0 Å². The number of carbonyl (C=O) groups excluding carboxylic acids is 1. The summed E-state index contributed by atoms with van der Waals surface area (Å²) in [4.78, 5) is 15.6. The Morgan fingerprint density at radius 2 is 2.27 bits per heavy atom. The fraction of sp³-hybridized carbons (Fsp3) is 0.476. The van der Waals surface area contributed by atoms with Crippen LogP contribution >= 0.6 is 11.3 Å². The van der Waals surface area contributed by atoms with E-state index in [1.807, 2.05) is 30.0 Å². The van der Waals surface area contributed by atoms with Crippen LogP contribution in [0.15, 0.2) is 41.8 Å². The average Bonchev–Trinajstić information content (AvgIpc) is 3.35. The Morgan fingerprint density at radius 1 is 1.35 bits per heavy atom. The predicted molar refractivity (Wildman–Crippen MR) is 105 cm³/mol. The van der Waals surface area contributed by atoms with Crippen LogP contribution in [0.1, 0.15) is 36.6 Å². The molecule has 2 aromatic rings. The largest absolute Gasteiger partial charge is 0.493 e. The molecular formula is C21H27NO3S. The Morgan fingerprint density at radius 3 is 3.00 bits per heavy atom. The molecule has 1 aromatic carbocycles. The molecule has 1 saturated heterocycles. The lowest BCUT2D eigenvalue weighted by atomic mass is 10.1. The van der Waals surface area contributed by atoms with Crippen LogP contribution in [0, 0.1) is 0 Å². The van der Waals surface area contributed by atoms with E-state index in [2.05, 4.69) is 23.6 Å². The van der Waals surface area contributed by atoms with Crippen LogP contribution in [0.4, 0.5) is 0 Å². The second-order valence-electron chi connectivity index (χ2n) is 6.59. The van der Waals surface area contributed by atoms with E-state index in [1.165, 1.54) is 4.88 Å². The molecule has 0 radical (unpaired) electrons. The van der Waals surface area contributed by atoms with Crippen molar-refractivity contribution in [3.63, 3.8) is 0 Å². The third kappa shape index (κ3) is 5.58. The Hall–Kier alpha value is -1.85. The molecule has 0 bridgehead atoms. The normalized spacial score (nSPS) is 16.6. The van der Waals surface area contributed by atoms with E-state index in [-0.39, 0.29) is 12.0 Å². The summed E-state index contributed by atoms with van der Waals surface area (Å²) in [5.74, 6) is 1.03. The molecule has 1 atom stereocenters. The van der Waals surface area contributed by atoms with Crippen molar-refractivity contribution in [2.24, 2.45) is 0 Å². The molecule has 5 heteroatoms. The van der Waals surface area contributed by atoms with Crippen molar-refractivity contribution in [1.82, 2.24) is 4.90 Å². The first-order valence-electron chi connectivity index (χ1n) is 9.38. The van der Waals surface area contributed by atoms with Gasteiger partial charge in [0.15, 0.2) is 0 Å². The second kappa shape index (κ2) is 9.74. The van der Waals surface area contributed by atoms with Gasteiger partial charge in [-0.2, -0.15) is 0 Å². The maximum absolute atomic E-state index is 12.3. The van der Waals surface area contributed by atoms with Gasteiger partial charge in [-0.3, -0.25) is 4.79 Å². The number of rotatable bonds is 9. The van der Waals surface area contributed by atoms with Crippen LogP contribution in [0.2, 0.25) is 0 Å². The maximum Gasteiger partial charge on any atom is 0.222 e. The molecule has 4 nitrogen and oxygen atoms in total. The van der Waals surface area contributed by atoms with Crippen LogP contribution in [0.5, 0.6) is 5.75 Å². The molecule has 1 aliphatic heterocycles. The van der Waals surface area contributed by atoms with Gasteiger partial charge in [-0.15, -0.1) is 11.3 Å². The van der Waals surface area contributed by atoms with Gasteiger partial charge in [-0.1, -0.05) is 25.1 Å². The van der Waals surface area contributed by atoms with Gasteiger partial charge in [0.05, 0.1) is 12.7 Å². The molecule has 0 saturated carbocycles. The minimum Gasteiger partial charge on any atom is -0.493 e. The molecule has 1 amide bonds. The SMILES string of the molecule is CCC(=O)N(Cc1cccc(OCCc2cccs2)c1)C[C@H]1CCCO1. The van der Waals surface area contributed by atoms with Gasteiger partial charge in [0.25, 0.3) is 0 Å². The fourth-order valence-electron chi connectivity index (χ4n) is 3.19. The smallest absolute Gasteiger partial charge is 0.222 e. The molecule has 0 spiro atoms. The highest BCUT2D eigenvalue weighted by Gasteiger charge is 2.22. The van der Waals surface area contributed by atoms with Gasteiger partial charge in [-0.05, 0) is 42.0 Å². The lowest BCUT2D eigenvalue weighted by Gasteiger charge is -2.25. The van der Waals surface area contributed by atoms with Crippen LogP contribution in [-0.2, 0) is 22.5 Å². The standard InChI is InChI=1S/C21H27NO3S/c1-2-21(23)22(16-19-8-4-11-24-19)15-17-6-3-7-18(14-17)25-12-10-20-9-5-13-26-20/h3,5-7,9,13-14,19H,2,4,8,10-12,15-16H2,1H3/t19-/m1/s1. The van der Waals surface area contributed by atoms with Crippen molar-refractivity contribution in [3.05, 3.63) is 52.2 Å². The zero-order valence-electron chi connectivity index (χ0n) is 15.4. The van der Waals surface area contributed by atoms with Gasteiger partial charge in [-0.25, -0.2) is 0 Å². The molecule has 1 fully saturated rings. The number of hydrogen-bond acceptors (Lipinski definition) is 4. The molecule has 2 heterocycles. The van der Waals surface area contributed by atoms with Crippen molar-refractivity contribution in [2.75, 3.05) is 19.8 Å². The first-order chi connectivity index (χ1) is 12.7. The number of nitrogens with zero attached hydrogens (tertiary/aromatic N) is 1. The van der Waals surface area contributed by atoms with Gasteiger partial charge < -0.3 is 14.4 Å². The van der Waals surface area contributed by atoms with E-state index in [0.717, 1.165) is 37.2 Å². The number of ether oxygens (including phenoxy) is 2. The molecular weight excluding hydrogens is 346 g/mol.